The molecule has 0 atom stereocenters. The Kier molecular flexibility index (Phi) is 1.83. The highest BCUT2D eigenvalue weighted by molar-refractivity contribution is 5.44. The molecule has 0 N–H and O–H groups in total. The molecule has 2 aliphatic heterocycles. The lowest BCUT2D eigenvalue weighted by molar-refractivity contribution is 0.123. The minimum atomic E-state index is -0.968. The lowest BCUT2D eigenvalue weighted by Crippen LogP contribution is -2.02. The summed E-state index contributed by atoms with van der Waals surface area (Å²) in [5, 5.41) is 0. The van der Waals surface area contributed by atoms with E-state index in [4.69, 9.17) is 9.47 Å². The molecule has 2 aliphatic rings. The van der Waals surface area contributed by atoms with Gasteiger partial charge in [-0.25, -0.2) is 0 Å². The second-order valence-corrected chi connectivity index (χ2v) is 2.75. The summed E-state index contributed by atoms with van der Waals surface area (Å²) in [7, 11) is 0. The molecule has 0 unspecified atom stereocenters. The van der Waals surface area contributed by atoms with Gasteiger partial charge in [-0.3, -0.25) is 0 Å². The molecule has 1 aromatic carbocycles. The van der Waals surface area contributed by atoms with Gasteiger partial charge in [-0.05, 0) is 12.5 Å². The lowest BCUT2D eigenvalue weighted by Gasteiger charge is -2.04. The van der Waals surface area contributed by atoms with Gasteiger partial charge < -0.3 is 9.47 Å². The smallest absolute Gasteiger partial charge is 0.231 e. The highest BCUT2D eigenvalue weighted by atomic mass is 19.2. The quantitative estimate of drug-likeness (QED) is 0.669. The van der Waals surface area contributed by atoms with Crippen molar-refractivity contribution in [2.45, 2.75) is 13.3 Å². The van der Waals surface area contributed by atoms with Crippen molar-refractivity contribution in [3.8, 4) is 11.5 Å². The standard InChI is InChI=1S/C9H8F2O2/c1-2-5-3-6-7(10)8(11)9(5)13-4-12-6/h3H,2,4H2,1H3. The second-order valence-electron chi connectivity index (χ2n) is 2.75. The Bertz CT molecular complexity index is 350. The zero-order chi connectivity index (χ0) is 9.42. The molecule has 0 aromatic heterocycles. The number of hydrogen-bond acceptors (Lipinski definition) is 2. The van der Waals surface area contributed by atoms with E-state index in [-0.39, 0.29) is 18.3 Å². The third-order valence-electron chi connectivity index (χ3n) is 2.00. The molecule has 13 heavy (non-hydrogen) atoms. The average molecular weight is 186 g/mol. The van der Waals surface area contributed by atoms with Crippen LogP contribution in [0.4, 0.5) is 8.78 Å². The van der Waals surface area contributed by atoms with Crippen LogP contribution < -0.4 is 9.47 Å². The van der Waals surface area contributed by atoms with Gasteiger partial charge in [-0.2, -0.15) is 8.78 Å². The summed E-state index contributed by atoms with van der Waals surface area (Å²) >= 11 is 0. The summed E-state index contributed by atoms with van der Waals surface area (Å²) < 4.78 is 36.0. The van der Waals surface area contributed by atoms with Crippen LogP contribution in [0.1, 0.15) is 12.5 Å². The first-order chi connectivity index (χ1) is 6.24. The Balaban J connectivity index is 2.67. The van der Waals surface area contributed by atoms with Crippen LogP contribution in [0.3, 0.4) is 0 Å². The number of benzene rings is 1. The van der Waals surface area contributed by atoms with E-state index in [9.17, 15) is 8.78 Å². The SMILES string of the molecule is CCc1cc2c(F)c(F)c1OCO2. The van der Waals surface area contributed by atoms with Gasteiger partial charge in [0.05, 0.1) is 0 Å². The molecule has 2 heterocycles. The fourth-order valence-corrected chi connectivity index (χ4v) is 1.31. The van der Waals surface area contributed by atoms with Crippen LogP contribution in [0.25, 0.3) is 0 Å². The molecule has 0 aliphatic carbocycles. The Labute approximate surface area is 74.1 Å². The first kappa shape index (κ1) is 8.29. The Morgan fingerprint density at radius 2 is 2.08 bits per heavy atom. The maximum absolute atomic E-state index is 13.2. The van der Waals surface area contributed by atoms with E-state index in [1.54, 1.807) is 0 Å². The molecule has 0 fully saturated rings. The van der Waals surface area contributed by atoms with Crippen LogP contribution in [0, 0.1) is 11.6 Å². The molecule has 0 saturated carbocycles. The van der Waals surface area contributed by atoms with Crippen LogP contribution in [0.15, 0.2) is 6.07 Å². The van der Waals surface area contributed by atoms with Crippen molar-refractivity contribution >= 4 is 0 Å². The van der Waals surface area contributed by atoms with Crippen molar-refractivity contribution < 1.29 is 18.3 Å². The van der Waals surface area contributed by atoms with Crippen molar-refractivity contribution in [1.29, 1.82) is 0 Å². The van der Waals surface area contributed by atoms with Gasteiger partial charge in [-0.1, -0.05) is 6.92 Å². The van der Waals surface area contributed by atoms with Crippen LogP contribution in [0.2, 0.25) is 0 Å². The van der Waals surface area contributed by atoms with Crippen molar-refractivity contribution in [2.24, 2.45) is 0 Å². The Morgan fingerprint density at radius 3 is 2.77 bits per heavy atom. The summed E-state index contributed by atoms with van der Waals surface area (Å²) in [6.45, 7) is 1.71. The molecule has 4 heteroatoms. The van der Waals surface area contributed by atoms with Gasteiger partial charge in [-0.15, -0.1) is 0 Å². The summed E-state index contributed by atoms with van der Waals surface area (Å²) in [4.78, 5) is 0. The number of aryl methyl sites for hydroxylation is 1. The first-order valence-corrected chi connectivity index (χ1v) is 4.00. The lowest BCUT2D eigenvalue weighted by atomic mass is 10.1. The van der Waals surface area contributed by atoms with E-state index >= 15 is 0 Å². The molecule has 70 valence electrons. The molecule has 1 aromatic rings. The molecule has 0 spiro atoms. The van der Waals surface area contributed by atoms with E-state index in [0.717, 1.165) is 0 Å². The van der Waals surface area contributed by atoms with E-state index in [1.165, 1.54) is 6.07 Å². The fraction of sp³-hybridized carbons (Fsp3) is 0.333. The van der Waals surface area contributed by atoms with Gasteiger partial charge in [0, 0.05) is 5.56 Å². The largest absolute Gasteiger partial charge is 0.454 e. The Morgan fingerprint density at radius 1 is 1.31 bits per heavy atom. The van der Waals surface area contributed by atoms with E-state index in [0.29, 0.717) is 12.0 Å². The van der Waals surface area contributed by atoms with Crippen molar-refractivity contribution in [3.05, 3.63) is 23.3 Å². The molecular weight excluding hydrogens is 178 g/mol. The molecule has 0 radical (unpaired) electrons. The van der Waals surface area contributed by atoms with Crippen LogP contribution in [-0.4, -0.2) is 6.79 Å². The van der Waals surface area contributed by atoms with E-state index < -0.39 is 11.6 Å². The topological polar surface area (TPSA) is 18.5 Å². The number of fused-ring (bicyclic) bond motifs is 4. The van der Waals surface area contributed by atoms with Crippen molar-refractivity contribution in [1.82, 2.24) is 0 Å². The monoisotopic (exact) mass is 186 g/mol. The number of rotatable bonds is 1. The van der Waals surface area contributed by atoms with Gasteiger partial charge in [0.1, 0.15) is 0 Å². The molecule has 2 bridgehead atoms. The molecule has 0 amide bonds. The van der Waals surface area contributed by atoms with Gasteiger partial charge >= 0.3 is 0 Å². The summed E-state index contributed by atoms with van der Waals surface area (Å²) in [6.07, 6.45) is 0.586. The predicted octanol–water partition coefficient (Wildman–Crippen LogP) is 2.26. The van der Waals surface area contributed by atoms with Crippen LogP contribution >= 0.6 is 0 Å². The predicted molar refractivity (Wildman–Crippen MR) is 41.9 cm³/mol. The third-order valence-corrected chi connectivity index (χ3v) is 2.00. The van der Waals surface area contributed by atoms with E-state index in [2.05, 4.69) is 0 Å². The zero-order valence-electron chi connectivity index (χ0n) is 7.06. The maximum Gasteiger partial charge on any atom is 0.231 e. The summed E-state index contributed by atoms with van der Waals surface area (Å²) in [6, 6.07) is 1.47. The number of halogens is 2. The zero-order valence-corrected chi connectivity index (χ0v) is 7.06. The summed E-state index contributed by atoms with van der Waals surface area (Å²) in [5.41, 5.74) is 0.631. The molecular formula is C9H8F2O2. The number of ether oxygens (including phenoxy) is 2. The summed E-state index contributed by atoms with van der Waals surface area (Å²) in [5.74, 6) is -2.02. The first-order valence-electron chi connectivity index (χ1n) is 4.00. The van der Waals surface area contributed by atoms with Gasteiger partial charge in [0.15, 0.2) is 11.5 Å². The third kappa shape index (κ3) is 1.13. The molecule has 2 nitrogen and oxygen atoms in total. The van der Waals surface area contributed by atoms with Gasteiger partial charge in [0.2, 0.25) is 18.4 Å². The maximum atomic E-state index is 13.2. The van der Waals surface area contributed by atoms with Crippen LogP contribution in [-0.2, 0) is 6.42 Å². The minimum absolute atomic E-state index is 0.0266. The van der Waals surface area contributed by atoms with Crippen molar-refractivity contribution in [2.75, 3.05) is 6.79 Å². The fourth-order valence-electron chi connectivity index (χ4n) is 1.31. The normalized spacial score (nSPS) is 13.5. The molecule has 0 saturated heterocycles. The highest BCUT2D eigenvalue weighted by Gasteiger charge is 2.23. The van der Waals surface area contributed by atoms with Crippen molar-refractivity contribution in [3.63, 3.8) is 0 Å². The second kappa shape index (κ2) is 2.87. The van der Waals surface area contributed by atoms with Gasteiger partial charge in [0.25, 0.3) is 0 Å². The Hall–Kier alpha value is -1.32. The van der Waals surface area contributed by atoms with E-state index in [1.807, 2.05) is 6.92 Å². The average Bonchev–Trinajstić information content (AvgIpc) is 2.42. The molecule has 3 rings (SSSR count). The minimum Gasteiger partial charge on any atom is -0.454 e. The highest BCUT2D eigenvalue weighted by Crippen LogP contribution is 2.34. The van der Waals surface area contributed by atoms with Crippen LogP contribution in [0.5, 0.6) is 11.5 Å². The number of hydrogen-bond donors (Lipinski definition) is 0.